The summed E-state index contributed by atoms with van der Waals surface area (Å²) in [6.07, 6.45) is 0. The van der Waals surface area contributed by atoms with Crippen molar-refractivity contribution >= 4 is 21.8 Å². The molecular formula is C10H12FNO4S. The van der Waals surface area contributed by atoms with Crippen LogP contribution in [0.5, 0.6) is 0 Å². The van der Waals surface area contributed by atoms with E-state index >= 15 is 0 Å². The van der Waals surface area contributed by atoms with Gasteiger partial charge in [0.15, 0.2) is 0 Å². The van der Waals surface area contributed by atoms with Gasteiger partial charge in [-0.25, -0.2) is 0 Å². The lowest BCUT2D eigenvalue weighted by atomic mass is 10.3. The molecule has 7 heteroatoms. The van der Waals surface area contributed by atoms with Gasteiger partial charge in [-0.3, -0.25) is 4.79 Å². The molecule has 0 fully saturated rings. The van der Waals surface area contributed by atoms with Crippen molar-refractivity contribution in [2.45, 2.75) is 11.8 Å². The van der Waals surface area contributed by atoms with Gasteiger partial charge in [-0.1, -0.05) is 12.1 Å². The average molecular weight is 261 g/mol. The lowest BCUT2D eigenvalue weighted by Crippen LogP contribution is -2.19. The molecule has 5 nitrogen and oxygen atoms in total. The van der Waals surface area contributed by atoms with E-state index in [0.29, 0.717) is 6.61 Å². The second-order valence-electron chi connectivity index (χ2n) is 3.12. The Morgan fingerprint density at radius 2 is 2.06 bits per heavy atom. The van der Waals surface area contributed by atoms with Gasteiger partial charge in [0.05, 0.1) is 5.69 Å². The molecule has 0 radical (unpaired) electrons. The zero-order valence-corrected chi connectivity index (χ0v) is 9.96. The van der Waals surface area contributed by atoms with E-state index in [1.165, 1.54) is 18.2 Å². The molecule has 17 heavy (non-hydrogen) atoms. The minimum atomic E-state index is -4.86. The second kappa shape index (κ2) is 5.74. The zero-order chi connectivity index (χ0) is 12.9. The molecule has 94 valence electrons. The normalized spacial score (nSPS) is 11.2. The molecule has 1 aromatic carbocycles. The van der Waals surface area contributed by atoms with Crippen LogP contribution in [0.25, 0.3) is 0 Å². The maximum absolute atomic E-state index is 12.9. The van der Waals surface area contributed by atoms with E-state index < -0.39 is 21.0 Å². The molecule has 0 bridgehead atoms. The quantitative estimate of drug-likeness (QED) is 0.811. The summed E-state index contributed by atoms with van der Waals surface area (Å²) in [5.41, 5.74) is -0.0975. The standard InChI is InChI=1S/C10H12FNO4S/c1-2-16-7-10(13)12-8-5-3-4-6-9(8)17(11,14)15/h3-6H,2,7H2,1H3,(H,12,13). The fourth-order valence-corrected chi connectivity index (χ4v) is 1.79. The zero-order valence-electron chi connectivity index (χ0n) is 9.14. The molecular weight excluding hydrogens is 249 g/mol. The molecule has 1 N–H and O–H groups in total. The number of ether oxygens (including phenoxy) is 1. The van der Waals surface area contributed by atoms with E-state index in [4.69, 9.17) is 4.74 Å². The van der Waals surface area contributed by atoms with Gasteiger partial charge in [-0.05, 0) is 19.1 Å². The highest BCUT2D eigenvalue weighted by molar-refractivity contribution is 7.86. The highest BCUT2D eigenvalue weighted by Crippen LogP contribution is 2.22. The molecule has 0 unspecified atom stereocenters. The lowest BCUT2D eigenvalue weighted by molar-refractivity contribution is -0.120. The summed E-state index contributed by atoms with van der Waals surface area (Å²) in [5.74, 6) is -0.539. The third-order valence-electron chi connectivity index (χ3n) is 1.86. The van der Waals surface area contributed by atoms with Crippen LogP contribution < -0.4 is 5.32 Å². The summed E-state index contributed by atoms with van der Waals surface area (Å²) in [6.45, 7) is 1.86. The van der Waals surface area contributed by atoms with Gasteiger partial charge in [-0.2, -0.15) is 8.42 Å². The predicted molar refractivity (Wildman–Crippen MR) is 59.9 cm³/mol. The average Bonchev–Trinajstić information content (AvgIpc) is 2.25. The maximum atomic E-state index is 12.9. The first-order chi connectivity index (χ1) is 7.95. The number of para-hydroxylation sites is 1. The van der Waals surface area contributed by atoms with Crippen molar-refractivity contribution in [2.24, 2.45) is 0 Å². The summed E-state index contributed by atoms with van der Waals surface area (Å²) in [7, 11) is -4.86. The third kappa shape index (κ3) is 4.12. The topological polar surface area (TPSA) is 72.5 Å². The van der Waals surface area contributed by atoms with E-state index in [2.05, 4.69) is 5.32 Å². The Balaban J connectivity index is 2.88. The monoisotopic (exact) mass is 261 g/mol. The Bertz CT molecular complexity index is 501. The van der Waals surface area contributed by atoms with Gasteiger partial charge in [0.25, 0.3) is 0 Å². The van der Waals surface area contributed by atoms with Gasteiger partial charge >= 0.3 is 10.2 Å². The van der Waals surface area contributed by atoms with Crippen molar-refractivity contribution in [3.8, 4) is 0 Å². The van der Waals surface area contributed by atoms with E-state index in [0.717, 1.165) is 6.07 Å². The molecule has 0 atom stereocenters. The largest absolute Gasteiger partial charge is 0.372 e. The highest BCUT2D eigenvalue weighted by Gasteiger charge is 2.17. The van der Waals surface area contributed by atoms with Crippen molar-refractivity contribution < 1.29 is 21.8 Å². The number of hydrogen-bond acceptors (Lipinski definition) is 4. The Morgan fingerprint density at radius 1 is 1.41 bits per heavy atom. The molecule has 0 aliphatic rings. The van der Waals surface area contributed by atoms with Gasteiger partial charge in [-0.15, -0.1) is 3.89 Å². The highest BCUT2D eigenvalue weighted by atomic mass is 32.3. The number of carbonyl (C=O) groups is 1. The van der Waals surface area contributed by atoms with Crippen LogP contribution in [0.4, 0.5) is 9.57 Å². The van der Waals surface area contributed by atoms with E-state index in [9.17, 15) is 17.1 Å². The van der Waals surface area contributed by atoms with Crippen LogP contribution in [-0.4, -0.2) is 27.5 Å². The molecule has 1 amide bonds. The Kier molecular flexibility index (Phi) is 4.59. The van der Waals surface area contributed by atoms with Gasteiger partial charge < -0.3 is 10.1 Å². The van der Waals surface area contributed by atoms with Crippen LogP contribution in [0, 0.1) is 0 Å². The SMILES string of the molecule is CCOCC(=O)Nc1ccccc1S(=O)(=O)F. The van der Waals surface area contributed by atoms with Crippen molar-refractivity contribution in [3.05, 3.63) is 24.3 Å². The number of hydrogen-bond donors (Lipinski definition) is 1. The first-order valence-corrected chi connectivity index (χ1v) is 6.24. The number of anilines is 1. The minimum absolute atomic E-state index is 0.0975. The number of nitrogens with one attached hydrogen (secondary N) is 1. The van der Waals surface area contributed by atoms with E-state index in [-0.39, 0.29) is 12.3 Å². The van der Waals surface area contributed by atoms with Crippen LogP contribution in [0.3, 0.4) is 0 Å². The number of halogens is 1. The van der Waals surface area contributed by atoms with Crippen LogP contribution in [0.2, 0.25) is 0 Å². The van der Waals surface area contributed by atoms with Crippen LogP contribution in [-0.2, 0) is 19.8 Å². The second-order valence-corrected chi connectivity index (χ2v) is 4.43. The number of carbonyl (C=O) groups excluding carboxylic acids is 1. The minimum Gasteiger partial charge on any atom is -0.372 e. The lowest BCUT2D eigenvalue weighted by Gasteiger charge is -2.07. The predicted octanol–water partition coefficient (Wildman–Crippen LogP) is 1.32. The molecule has 0 aliphatic carbocycles. The summed E-state index contributed by atoms with van der Waals surface area (Å²) >= 11 is 0. The molecule has 1 aromatic rings. The van der Waals surface area contributed by atoms with E-state index in [1.54, 1.807) is 6.92 Å². The number of amides is 1. The maximum Gasteiger partial charge on any atom is 0.334 e. The summed E-state index contributed by atoms with van der Waals surface area (Å²) in [6, 6.07) is 5.23. The smallest absolute Gasteiger partial charge is 0.334 e. The first-order valence-electron chi connectivity index (χ1n) is 4.86. The van der Waals surface area contributed by atoms with Gasteiger partial charge in [0, 0.05) is 6.61 Å². The molecule has 0 saturated carbocycles. The molecule has 0 aromatic heterocycles. The molecule has 0 heterocycles. The van der Waals surface area contributed by atoms with Crippen molar-refractivity contribution in [3.63, 3.8) is 0 Å². The van der Waals surface area contributed by atoms with Crippen molar-refractivity contribution in [1.82, 2.24) is 0 Å². The number of benzene rings is 1. The summed E-state index contributed by atoms with van der Waals surface area (Å²) < 4.78 is 39.3. The Labute approximate surface area is 98.8 Å². The van der Waals surface area contributed by atoms with Crippen molar-refractivity contribution in [1.29, 1.82) is 0 Å². The number of rotatable bonds is 5. The van der Waals surface area contributed by atoms with Crippen LogP contribution in [0.15, 0.2) is 29.2 Å². The molecule has 1 rings (SSSR count). The molecule has 0 saturated heterocycles. The van der Waals surface area contributed by atoms with E-state index in [1.807, 2.05) is 0 Å². The fraction of sp³-hybridized carbons (Fsp3) is 0.300. The van der Waals surface area contributed by atoms with Gasteiger partial charge in [0.1, 0.15) is 11.5 Å². The fourth-order valence-electron chi connectivity index (χ4n) is 1.16. The van der Waals surface area contributed by atoms with Crippen LogP contribution in [0.1, 0.15) is 6.92 Å². The molecule has 0 aliphatic heterocycles. The summed E-state index contributed by atoms with van der Waals surface area (Å²) in [5, 5.41) is 2.27. The third-order valence-corrected chi connectivity index (χ3v) is 2.74. The Morgan fingerprint density at radius 3 is 2.65 bits per heavy atom. The van der Waals surface area contributed by atoms with Crippen LogP contribution >= 0.6 is 0 Å². The van der Waals surface area contributed by atoms with Crippen molar-refractivity contribution in [2.75, 3.05) is 18.5 Å². The first kappa shape index (κ1) is 13.6. The summed E-state index contributed by atoms with van der Waals surface area (Å²) in [4.78, 5) is 10.7. The Hall–Kier alpha value is -1.47. The van der Waals surface area contributed by atoms with Gasteiger partial charge in [0.2, 0.25) is 5.91 Å². The molecule has 0 spiro atoms.